The molecule has 1 heterocycles. The topological polar surface area (TPSA) is 12.5 Å². The van der Waals surface area contributed by atoms with Crippen molar-refractivity contribution in [2.24, 2.45) is 0 Å². The van der Waals surface area contributed by atoms with Crippen LogP contribution in [0.15, 0.2) is 46.9 Å². The average Bonchev–Trinajstić information content (AvgIpc) is 3.09. The van der Waals surface area contributed by atoms with Gasteiger partial charge < -0.3 is 4.74 Å². The van der Waals surface area contributed by atoms with Crippen LogP contribution < -0.4 is 4.74 Å². The van der Waals surface area contributed by atoms with Crippen molar-refractivity contribution < 1.29 is 13.5 Å². The lowest BCUT2D eigenvalue weighted by molar-refractivity contribution is 0.198. The van der Waals surface area contributed by atoms with Crippen LogP contribution >= 0.6 is 15.9 Å². The van der Waals surface area contributed by atoms with Gasteiger partial charge in [0.25, 0.3) is 0 Å². The molecule has 29 heavy (non-hydrogen) atoms. The van der Waals surface area contributed by atoms with Gasteiger partial charge in [0.05, 0.1) is 6.67 Å². The third kappa shape index (κ3) is 4.72. The molecule has 1 saturated heterocycles. The summed E-state index contributed by atoms with van der Waals surface area (Å²) in [5.41, 5.74) is 3.91. The maximum atomic E-state index is 14.4. The summed E-state index contributed by atoms with van der Waals surface area (Å²) in [6, 6.07) is 13.4. The number of ether oxygens (including phenoxy) is 1. The Bertz CT molecular complexity index is 881. The van der Waals surface area contributed by atoms with Crippen LogP contribution in [0.4, 0.5) is 8.78 Å². The summed E-state index contributed by atoms with van der Waals surface area (Å²) >= 11 is 3.75. The van der Waals surface area contributed by atoms with E-state index in [0.717, 1.165) is 77.8 Å². The molecule has 2 aromatic rings. The monoisotopic (exact) mass is 461 g/mol. The molecular formula is C24H26BrF2NO. The first kappa shape index (κ1) is 20.5. The molecule has 154 valence electrons. The number of fused-ring (bicyclic) bond motifs is 1. The highest BCUT2D eigenvalue weighted by Gasteiger charge is 2.24. The van der Waals surface area contributed by atoms with E-state index in [1.807, 2.05) is 18.2 Å². The van der Waals surface area contributed by atoms with E-state index in [4.69, 9.17) is 4.74 Å². The number of allylic oxidation sites excluding steroid dienone is 1. The Balaban J connectivity index is 1.50. The van der Waals surface area contributed by atoms with Gasteiger partial charge in [0.15, 0.2) is 0 Å². The predicted octanol–water partition coefficient (Wildman–Crippen LogP) is 6.13. The molecule has 0 aromatic heterocycles. The van der Waals surface area contributed by atoms with Crippen molar-refractivity contribution in [3.05, 3.63) is 69.5 Å². The standard InChI is InChI=1S/C24H26BrF2NO/c25-22-6-1-4-20-21(5-2-7-23(20)27)24(22)17-8-10-18(11-9-17)29-19-12-15-28(16-19)14-3-13-26/h2,5,7-11,19H,1,3-4,6,12-16H2. The molecular weight excluding hydrogens is 436 g/mol. The maximum absolute atomic E-state index is 14.4. The number of hydrogen-bond donors (Lipinski definition) is 0. The van der Waals surface area contributed by atoms with Gasteiger partial charge in [-0.25, -0.2) is 4.39 Å². The molecule has 0 saturated carbocycles. The van der Waals surface area contributed by atoms with E-state index >= 15 is 0 Å². The summed E-state index contributed by atoms with van der Waals surface area (Å²) in [7, 11) is 0. The second-order valence-electron chi connectivity index (χ2n) is 7.80. The van der Waals surface area contributed by atoms with E-state index in [9.17, 15) is 8.78 Å². The predicted molar refractivity (Wildman–Crippen MR) is 117 cm³/mol. The lowest BCUT2D eigenvalue weighted by Crippen LogP contribution is -2.26. The third-order valence-corrected chi connectivity index (χ3v) is 6.56. The van der Waals surface area contributed by atoms with E-state index < -0.39 is 0 Å². The summed E-state index contributed by atoms with van der Waals surface area (Å²) in [4.78, 5) is 2.26. The summed E-state index contributed by atoms with van der Waals surface area (Å²) in [5.74, 6) is 0.719. The van der Waals surface area contributed by atoms with Crippen molar-refractivity contribution >= 4 is 21.5 Å². The highest BCUT2D eigenvalue weighted by Crippen LogP contribution is 2.38. The molecule has 1 fully saturated rings. The molecule has 0 N–H and O–H groups in total. The Morgan fingerprint density at radius 1 is 1.10 bits per heavy atom. The van der Waals surface area contributed by atoms with Crippen LogP contribution in [-0.2, 0) is 6.42 Å². The minimum absolute atomic E-state index is 0.124. The van der Waals surface area contributed by atoms with Gasteiger partial charge in [-0.05, 0) is 72.6 Å². The zero-order valence-electron chi connectivity index (χ0n) is 16.5. The zero-order chi connectivity index (χ0) is 20.2. The normalized spacial score (nSPS) is 19.9. The van der Waals surface area contributed by atoms with E-state index in [1.165, 1.54) is 0 Å². The van der Waals surface area contributed by atoms with E-state index in [2.05, 4.69) is 33.0 Å². The number of hydrogen-bond acceptors (Lipinski definition) is 2. The van der Waals surface area contributed by atoms with Gasteiger partial charge in [-0.1, -0.05) is 40.2 Å². The number of benzene rings is 2. The fourth-order valence-corrected chi connectivity index (χ4v) is 5.05. The summed E-state index contributed by atoms with van der Waals surface area (Å²) < 4.78 is 34.0. The van der Waals surface area contributed by atoms with Crippen molar-refractivity contribution in [2.45, 2.75) is 38.2 Å². The Labute approximate surface area is 179 Å². The highest BCUT2D eigenvalue weighted by molar-refractivity contribution is 9.11. The highest BCUT2D eigenvalue weighted by atomic mass is 79.9. The third-order valence-electron chi connectivity index (χ3n) is 5.77. The summed E-state index contributed by atoms with van der Waals surface area (Å²) in [6.45, 7) is 2.35. The van der Waals surface area contributed by atoms with Gasteiger partial charge in [0, 0.05) is 24.1 Å². The van der Waals surface area contributed by atoms with Crippen LogP contribution in [0, 0.1) is 5.82 Å². The molecule has 2 aromatic carbocycles. The number of rotatable bonds is 6. The van der Waals surface area contributed by atoms with E-state index in [1.54, 1.807) is 12.1 Å². The Hall–Kier alpha value is -1.72. The SMILES string of the molecule is FCCCN1CCC(Oc2ccc(C3=C(Br)CCCc4c(F)cccc43)cc2)C1. The lowest BCUT2D eigenvalue weighted by atomic mass is 9.93. The quantitative estimate of drug-likeness (QED) is 0.512. The number of nitrogens with zero attached hydrogens (tertiary/aromatic N) is 1. The van der Waals surface area contributed by atoms with Crippen LogP contribution in [0.25, 0.3) is 5.57 Å². The number of halogens is 3. The lowest BCUT2D eigenvalue weighted by Gasteiger charge is -2.17. The summed E-state index contributed by atoms with van der Waals surface area (Å²) in [6.07, 6.45) is 4.30. The smallest absolute Gasteiger partial charge is 0.127 e. The van der Waals surface area contributed by atoms with Crippen molar-refractivity contribution in [3.63, 3.8) is 0 Å². The Morgan fingerprint density at radius 2 is 1.93 bits per heavy atom. The molecule has 0 amide bonds. The molecule has 2 aliphatic rings. The first-order valence-corrected chi connectivity index (χ1v) is 11.2. The molecule has 5 heteroatoms. The van der Waals surface area contributed by atoms with Gasteiger partial charge in [-0.2, -0.15) is 0 Å². The van der Waals surface area contributed by atoms with Crippen LogP contribution in [0.5, 0.6) is 5.75 Å². The minimum atomic E-state index is -0.262. The van der Waals surface area contributed by atoms with Crippen molar-refractivity contribution in [1.29, 1.82) is 0 Å². The van der Waals surface area contributed by atoms with Gasteiger partial charge >= 0.3 is 0 Å². The van der Waals surface area contributed by atoms with Gasteiger partial charge in [0.2, 0.25) is 0 Å². The molecule has 1 aliphatic carbocycles. The molecule has 0 bridgehead atoms. The molecule has 1 aliphatic heterocycles. The second kappa shape index (κ2) is 9.40. The Kier molecular flexibility index (Phi) is 6.66. The van der Waals surface area contributed by atoms with Gasteiger partial charge in [-0.3, -0.25) is 9.29 Å². The first-order valence-electron chi connectivity index (χ1n) is 10.4. The number of alkyl halides is 1. The first-order chi connectivity index (χ1) is 14.2. The van der Waals surface area contributed by atoms with Crippen molar-refractivity contribution in [1.82, 2.24) is 4.90 Å². The second-order valence-corrected chi connectivity index (χ2v) is 8.75. The van der Waals surface area contributed by atoms with Gasteiger partial charge in [0.1, 0.15) is 17.7 Å². The largest absolute Gasteiger partial charge is 0.489 e. The molecule has 1 unspecified atom stereocenters. The molecule has 0 spiro atoms. The maximum Gasteiger partial charge on any atom is 0.127 e. The van der Waals surface area contributed by atoms with Crippen molar-refractivity contribution in [2.75, 3.05) is 26.3 Å². The molecule has 1 atom stereocenters. The van der Waals surface area contributed by atoms with Crippen LogP contribution in [0.3, 0.4) is 0 Å². The fraction of sp³-hybridized carbons (Fsp3) is 0.417. The molecule has 4 rings (SSSR count). The van der Waals surface area contributed by atoms with Crippen molar-refractivity contribution in [3.8, 4) is 5.75 Å². The van der Waals surface area contributed by atoms with Crippen LogP contribution in [0.2, 0.25) is 0 Å². The number of likely N-dealkylation sites (tertiary alicyclic amines) is 1. The van der Waals surface area contributed by atoms with E-state index in [0.29, 0.717) is 6.42 Å². The van der Waals surface area contributed by atoms with E-state index in [-0.39, 0.29) is 18.6 Å². The van der Waals surface area contributed by atoms with Crippen LogP contribution in [-0.4, -0.2) is 37.3 Å². The molecule has 0 radical (unpaired) electrons. The van der Waals surface area contributed by atoms with Crippen LogP contribution in [0.1, 0.15) is 42.4 Å². The average molecular weight is 462 g/mol. The zero-order valence-corrected chi connectivity index (χ0v) is 18.1. The summed E-state index contributed by atoms with van der Waals surface area (Å²) in [5, 5.41) is 0. The fourth-order valence-electron chi connectivity index (χ4n) is 4.32. The Morgan fingerprint density at radius 3 is 2.72 bits per heavy atom. The minimum Gasteiger partial charge on any atom is -0.489 e. The molecule has 2 nitrogen and oxygen atoms in total. The van der Waals surface area contributed by atoms with Gasteiger partial charge in [-0.15, -0.1) is 0 Å².